The van der Waals surface area contributed by atoms with Crippen molar-refractivity contribution < 1.29 is 13.7 Å². The third-order valence-corrected chi connectivity index (χ3v) is 4.72. The van der Waals surface area contributed by atoms with Crippen molar-refractivity contribution in [3.63, 3.8) is 0 Å². The van der Waals surface area contributed by atoms with E-state index in [1.807, 2.05) is 13.0 Å². The van der Waals surface area contributed by atoms with Gasteiger partial charge in [0.2, 0.25) is 0 Å². The van der Waals surface area contributed by atoms with Gasteiger partial charge in [-0.25, -0.2) is 0 Å². The van der Waals surface area contributed by atoms with E-state index in [0.29, 0.717) is 12.5 Å². The Hall–Kier alpha value is -0.0300. The Kier molecular flexibility index (Phi) is 21.1. The van der Waals surface area contributed by atoms with Crippen LogP contribution in [0.3, 0.4) is 0 Å². The van der Waals surface area contributed by atoms with Crippen molar-refractivity contribution >= 4 is 12.9 Å². The van der Waals surface area contributed by atoms with Crippen molar-refractivity contribution in [2.24, 2.45) is 5.92 Å². The fraction of sp³-hybridized carbons (Fsp3) is 0.900. The van der Waals surface area contributed by atoms with Gasteiger partial charge < -0.3 is 13.7 Å². The lowest BCUT2D eigenvalue weighted by molar-refractivity contribution is -0.230. The molecule has 24 heavy (non-hydrogen) atoms. The summed E-state index contributed by atoms with van der Waals surface area (Å²) >= 11 is 3.80. The molecule has 3 nitrogen and oxygen atoms in total. The smallest absolute Gasteiger partial charge is 0.167 e. The molecule has 0 fully saturated rings. The van der Waals surface area contributed by atoms with E-state index in [2.05, 4.69) is 33.3 Å². The maximum absolute atomic E-state index is 5.59. The van der Waals surface area contributed by atoms with Crippen LogP contribution in [0.1, 0.15) is 85.0 Å². The third kappa shape index (κ3) is 14.3. The molecule has 0 amide bonds. The number of allylic oxidation sites excluding steroid dienone is 1. The van der Waals surface area contributed by atoms with E-state index in [-0.39, 0.29) is 0 Å². The zero-order valence-electron chi connectivity index (χ0n) is 16.8. The Morgan fingerprint density at radius 3 is 1.92 bits per heavy atom. The SMILES string of the molecule is C=CCC.CCCCCCCCC(CCCOS)C(C)(OC)OC. The minimum atomic E-state index is -0.486. The van der Waals surface area contributed by atoms with Crippen LogP contribution in [-0.2, 0) is 13.7 Å². The molecule has 0 aromatic carbocycles. The number of methoxy groups -OCH3 is 2. The number of hydrogen-bond donors (Lipinski definition) is 1. The normalized spacial score (nSPS) is 12.4. The molecular weight excluding hydrogens is 320 g/mol. The third-order valence-electron chi connectivity index (χ3n) is 4.54. The summed E-state index contributed by atoms with van der Waals surface area (Å²) in [6, 6.07) is 0. The molecule has 0 saturated heterocycles. The Morgan fingerprint density at radius 1 is 0.958 bits per heavy atom. The Morgan fingerprint density at radius 2 is 1.46 bits per heavy atom. The standard InChI is InChI=1S/C16H34O3S.C4H8/c1-5-6-7-8-9-10-12-15(13-11-14-19-20)16(2,17-3)18-4;1-3-4-2/h15,20H,5-14H2,1-4H3;3H,1,4H2,2H3. The first-order chi connectivity index (χ1) is 11.6. The monoisotopic (exact) mass is 362 g/mol. The van der Waals surface area contributed by atoms with Gasteiger partial charge in [-0.2, -0.15) is 0 Å². The van der Waals surface area contributed by atoms with Gasteiger partial charge in [0.1, 0.15) is 0 Å². The van der Waals surface area contributed by atoms with Gasteiger partial charge in [0.05, 0.1) is 6.61 Å². The average Bonchev–Trinajstić information content (AvgIpc) is 2.62. The van der Waals surface area contributed by atoms with Crippen molar-refractivity contribution in [2.45, 2.75) is 90.8 Å². The first-order valence-corrected chi connectivity index (χ1v) is 9.90. The van der Waals surface area contributed by atoms with Gasteiger partial charge in [-0.1, -0.05) is 58.4 Å². The highest BCUT2D eigenvalue weighted by molar-refractivity contribution is 7.75. The van der Waals surface area contributed by atoms with Crippen molar-refractivity contribution in [1.29, 1.82) is 0 Å². The van der Waals surface area contributed by atoms with Crippen molar-refractivity contribution in [2.75, 3.05) is 20.8 Å². The molecule has 0 radical (unpaired) electrons. The first kappa shape index (κ1) is 26.2. The summed E-state index contributed by atoms with van der Waals surface area (Å²) in [6.45, 7) is 10.5. The second-order valence-corrected chi connectivity index (χ2v) is 6.61. The van der Waals surface area contributed by atoms with Crippen LogP contribution in [0.15, 0.2) is 12.7 Å². The van der Waals surface area contributed by atoms with Gasteiger partial charge in [-0.15, -0.1) is 6.58 Å². The molecule has 0 aliphatic carbocycles. The molecule has 1 atom stereocenters. The zero-order valence-corrected chi connectivity index (χ0v) is 17.7. The van der Waals surface area contributed by atoms with E-state index in [4.69, 9.17) is 13.7 Å². The molecule has 0 rings (SSSR count). The van der Waals surface area contributed by atoms with Crippen LogP contribution in [0.5, 0.6) is 0 Å². The van der Waals surface area contributed by atoms with Crippen LogP contribution < -0.4 is 0 Å². The molecule has 0 aliphatic rings. The molecule has 0 saturated carbocycles. The highest BCUT2D eigenvalue weighted by Crippen LogP contribution is 2.31. The number of ether oxygens (including phenoxy) is 2. The Bertz CT molecular complexity index is 255. The fourth-order valence-corrected chi connectivity index (χ4v) is 2.78. The molecule has 0 aromatic rings. The summed E-state index contributed by atoms with van der Waals surface area (Å²) in [5.41, 5.74) is 0. The van der Waals surface area contributed by atoms with Crippen LogP contribution in [0.4, 0.5) is 0 Å². The predicted molar refractivity (Wildman–Crippen MR) is 109 cm³/mol. The van der Waals surface area contributed by atoms with Crippen molar-refractivity contribution in [1.82, 2.24) is 0 Å². The van der Waals surface area contributed by atoms with E-state index in [0.717, 1.165) is 25.7 Å². The molecule has 0 N–H and O–H groups in total. The topological polar surface area (TPSA) is 27.7 Å². The Labute approximate surface area is 157 Å². The Balaban J connectivity index is 0. The number of thiol groups is 1. The van der Waals surface area contributed by atoms with Crippen molar-refractivity contribution in [3.8, 4) is 0 Å². The van der Waals surface area contributed by atoms with Gasteiger partial charge in [0, 0.05) is 20.1 Å². The van der Waals surface area contributed by atoms with Gasteiger partial charge in [0.25, 0.3) is 0 Å². The molecule has 0 spiro atoms. The van der Waals surface area contributed by atoms with E-state index in [1.54, 1.807) is 14.2 Å². The van der Waals surface area contributed by atoms with Gasteiger partial charge in [-0.3, -0.25) is 0 Å². The second kappa shape index (κ2) is 19.3. The van der Waals surface area contributed by atoms with E-state index in [1.165, 1.54) is 38.5 Å². The molecule has 0 heterocycles. The van der Waals surface area contributed by atoms with E-state index >= 15 is 0 Å². The number of unbranched alkanes of at least 4 members (excludes halogenated alkanes) is 5. The van der Waals surface area contributed by atoms with E-state index in [9.17, 15) is 0 Å². The number of rotatable bonds is 15. The highest BCUT2D eigenvalue weighted by atomic mass is 32.1. The number of hydrogen-bond acceptors (Lipinski definition) is 4. The minimum absolute atomic E-state index is 0.409. The molecule has 146 valence electrons. The van der Waals surface area contributed by atoms with Crippen LogP contribution >= 0.6 is 12.9 Å². The summed E-state index contributed by atoms with van der Waals surface area (Å²) in [5.74, 6) is -0.0767. The summed E-state index contributed by atoms with van der Waals surface area (Å²) in [4.78, 5) is 0. The highest BCUT2D eigenvalue weighted by Gasteiger charge is 2.33. The molecule has 1 unspecified atom stereocenters. The molecule has 0 bridgehead atoms. The molecular formula is C20H42O3S. The fourth-order valence-electron chi connectivity index (χ4n) is 2.65. The van der Waals surface area contributed by atoms with Gasteiger partial charge >= 0.3 is 0 Å². The van der Waals surface area contributed by atoms with Gasteiger partial charge in [-0.05, 0) is 45.5 Å². The summed E-state index contributed by atoms with van der Waals surface area (Å²) < 4.78 is 16.0. The summed E-state index contributed by atoms with van der Waals surface area (Å²) in [5, 5.41) is 0. The largest absolute Gasteiger partial charge is 0.353 e. The average molecular weight is 363 g/mol. The molecule has 4 heteroatoms. The van der Waals surface area contributed by atoms with Gasteiger partial charge in [0.15, 0.2) is 5.79 Å². The maximum Gasteiger partial charge on any atom is 0.167 e. The lowest BCUT2D eigenvalue weighted by Gasteiger charge is -2.35. The predicted octanol–water partition coefficient (Wildman–Crippen LogP) is 6.59. The molecule has 0 aromatic heterocycles. The lowest BCUT2D eigenvalue weighted by Crippen LogP contribution is -2.39. The van der Waals surface area contributed by atoms with Crippen LogP contribution in [-0.4, -0.2) is 26.6 Å². The van der Waals surface area contributed by atoms with E-state index < -0.39 is 5.79 Å². The quantitative estimate of drug-likeness (QED) is 0.117. The summed E-state index contributed by atoms with van der Waals surface area (Å²) in [6.07, 6.45) is 14.1. The summed E-state index contributed by atoms with van der Waals surface area (Å²) in [7, 11) is 3.46. The lowest BCUT2D eigenvalue weighted by atomic mass is 9.88. The minimum Gasteiger partial charge on any atom is -0.353 e. The van der Waals surface area contributed by atoms with Crippen LogP contribution in [0.25, 0.3) is 0 Å². The van der Waals surface area contributed by atoms with Crippen LogP contribution in [0.2, 0.25) is 0 Å². The molecule has 0 aliphatic heterocycles. The zero-order chi connectivity index (χ0) is 18.7. The first-order valence-electron chi connectivity index (χ1n) is 9.53. The maximum atomic E-state index is 5.59. The van der Waals surface area contributed by atoms with Crippen LogP contribution in [0, 0.1) is 5.92 Å². The van der Waals surface area contributed by atoms with Crippen molar-refractivity contribution in [3.05, 3.63) is 12.7 Å². The second-order valence-electron chi connectivity index (χ2n) is 6.35.